The van der Waals surface area contributed by atoms with Crippen molar-refractivity contribution in [3.05, 3.63) is 29.3 Å². The van der Waals surface area contributed by atoms with Crippen molar-refractivity contribution in [3.63, 3.8) is 0 Å². The van der Waals surface area contributed by atoms with Crippen LogP contribution >= 0.6 is 0 Å². The molecular formula is C15H20N2O2. The van der Waals surface area contributed by atoms with Gasteiger partial charge in [-0.1, -0.05) is 12.1 Å². The number of phenols is 1. The molecule has 0 spiro atoms. The number of para-hydroxylation sites is 1. The van der Waals surface area contributed by atoms with Gasteiger partial charge in [0.25, 0.3) is 5.91 Å². The molecule has 2 fully saturated rings. The highest BCUT2D eigenvalue weighted by atomic mass is 16.3. The van der Waals surface area contributed by atoms with Gasteiger partial charge in [0.05, 0.1) is 5.56 Å². The molecule has 19 heavy (non-hydrogen) atoms. The summed E-state index contributed by atoms with van der Waals surface area (Å²) < 4.78 is 0. The number of fused-ring (bicyclic) bond motifs is 1. The minimum atomic E-state index is -0.153. The van der Waals surface area contributed by atoms with E-state index in [9.17, 15) is 9.90 Å². The fraction of sp³-hybridized carbons (Fsp3) is 0.533. The van der Waals surface area contributed by atoms with Crippen molar-refractivity contribution >= 4 is 5.91 Å². The van der Waals surface area contributed by atoms with E-state index in [-0.39, 0.29) is 17.7 Å². The van der Waals surface area contributed by atoms with Gasteiger partial charge in [-0.15, -0.1) is 0 Å². The lowest BCUT2D eigenvalue weighted by molar-refractivity contribution is 0.0926. The molecule has 2 heterocycles. The smallest absolute Gasteiger partial charge is 0.255 e. The number of benzene rings is 1. The number of hydrogen-bond acceptors (Lipinski definition) is 3. The first-order chi connectivity index (χ1) is 9.16. The van der Waals surface area contributed by atoms with Crippen LogP contribution in [0.25, 0.3) is 0 Å². The zero-order valence-corrected chi connectivity index (χ0v) is 11.2. The summed E-state index contributed by atoms with van der Waals surface area (Å²) in [5, 5.41) is 13.1. The Hall–Kier alpha value is -1.55. The van der Waals surface area contributed by atoms with Gasteiger partial charge in [-0.3, -0.25) is 9.69 Å². The third-order valence-corrected chi connectivity index (χ3v) is 4.40. The summed E-state index contributed by atoms with van der Waals surface area (Å²) in [6.07, 6.45) is 3.42. The highest BCUT2D eigenvalue weighted by molar-refractivity contribution is 5.97. The molecule has 1 aromatic carbocycles. The molecule has 2 N–H and O–H groups in total. The Bertz CT molecular complexity index is 501. The summed E-state index contributed by atoms with van der Waals surface area (Å²) in [6, 6.07) is 6.02. The standard InChI is InChI=1S/C15H20N2O2/c1-10-4-2-5-11(14(10)18)15(19)16-12-7-9-17-8-3-6-13(12)17/h2,4-5,12-13,18H,3,6-9H2,1H3,(H,16,19). The minimum Gasteiger partial charge on any atom is -0.507 e. The van der Waals surface area contributed by atoms with Gasteiger partial charge in [0.15, 0.2) is 0 Å². The molecule has 1 amide bonds. The van der Waals surface area contributed by atoms with E-state index >= 15 is 0 Å². The van der Waals surface area contributed by atoms with E-state index in [1.165, 1.54) is 12.8 Å². The summed E-state index contributed by atoms with van der Waals surface area (Å²) in [6.45, 7) is 4.04. The molecule has 0 aliphatic carbocycles. The number of nitrogens with one attached hydrogen (secondary N) is 1. The predicted molar refractivity (Wildman–Crippen MR) is 73.3 cm³/mol. The molecule has 4 heteroatoms. The fourth-order valence-corrected chi connectivity index (χ4v) is 3.34. The van der Waals surface area contributed by atoms with Gasteiger partial charge in [-0.2, -0.15) is 0 Å². The van der Waals surface area contributed by atoms with E-state index in [2.05, 4.69) is 10.2 Å². The highest BCUT2D eigenvalue weighted by Gasteiger charge is 2.38. The Balaban J connectivity index is 1.73. The molecule has 1 aromatic rings. The molecule has 2 saturated heterocycles. The predicted octanol–water partition coefficient (Wildman–Crippen LogP) is 1.67. The minimum absolute atomic E-state index is 0.0984. The molecule has 2 atom stereocenters. The van der Waals surface area contributed by atoms with E-state index < -0.39 is 0 Å². The highest BCUT2D eigenvalue weighted by Crippen LogP contribution is 2.29. The second kappa shape index (κ2) is 4.85. The number of carbonyl (C=O) groups excluding carboxylic acids is 1. The Kier molecular flexibility index (Phi) is 3.19. The zero-order valence-electron chi connectivity index (χ0n) is 11.2. The molecule has 102 valence electrons. The van der Waals surface area contributed by atoms with Crippen LogP contribution < -0.4 is 5.32 Å². The molecule has 0 aromatic heterocycles. The lowest BCUT2D eigenvalue weighted by atomic mass is 10.0. The Morgan fingerprint density at radius 1 is 1.37 bits per heavy atom. The van der Waals surface area contributed by atoms with Gasteiger partial charge in [0.2, 0.25) is 0 Å². The van der Waals surface area contributed by atoms with Crippen molar-refractivity contribution in [1.29, 1.82) is 0 Å². The van der Waals surface area contributed by atoms with Crippen LogP contribution in [0.5, 0.6) is 5.75 Å². The Labute approximate surface area is 113 Å². The van der Waals surface area contributed by atoms with Crippen molar-refractivity contribution < 1.29 is 9.90 Å². The van der Waals surface area contributed by atoms with Gasteiger partial charge in [0.1, 0.15) is 5.75 Å². The number of carbonyl (C=O) groups is 1. The monoisotopic (exact) mass is 260 g/mol. The molecule has 0 saturated carbocycles. The van der Waals surface area contributed by atoms with Crippen molar-refractivity contribution in [1.82, 2.24) is 10.2 Å². The maximum Gasteiger partial charge on any atom is 0.255 e. The lowest BCUT2D eigenvalue weighted by Gasteiger charge is -2.21. The van der Waals surface area contributed by atoms with E-state index in [1.54, 1.807) is 25.1 Å². The van der Waals surface area contributed by atoms with Crippen LogP contribution in [0.3, 0.4) is 0 Å². The number of nitrogens with zero attached hydrogens (tertiary/aromatic N) is 1. The SMILES string of the molecule is Cc1cccc(C(=O)NC2CCN3CCCC23)c1O. The number of aromatic hydroxyl groups is 1. The van der Waals surface area contributed by atoms with Crippen LogP contribution in [0.1, 0.15) is 35.2 Å². The van der Waals surface area contributed by atoms with Crippen molar-refractivity contribution in [2.45, 2.75) is 38.3 Å². The first kappa shape index (κ1) is 12.5. The zero-order chi connectivity index (χ0) is 13.4. The molecule has 4 nitrogen and oxygen atoms in total. The van der Waals surface area contributed by atoms with Crippen LogP contribution in [0, 0.1) is 6.92 Å². The summed E-state index contributed by atoms with van der Waals surface area (Å²) in [5.41, 5.74) is 1.12. The van der Waals surface area contributed by atoms with Gasteiger partial charge in [0, 0.05) is 18.6 Å². The summed E-state index contributed by atoms with van der Waals surface area (Å²) >= 11 is 0. The van der Waals surface area contributed by atoms with Crippen LogP contribution in [0.2, 0.25) is 0 Å². The van der Waals surface area contributed by atoms with Crippen molar-refractivity contribution in [2.24, 2.45) is 0 Å². The maximum atomic E-state index is 12.3. The van der Waals surface area contributed by atoms with Gasteiger partial charge < -0.3 is 10.4 Å². The van der Waals surface area contributed by atoms with Gasteiger partial charge in [-0.25, -0.2) is 0 Å². The van der Waals surface area contributed by atoms with Gasteiger partial charge >= 0.3 is 0 Å². The van der Waals surface area contributed by atoms with Crippen molar-refractivity contribution in [3.8, 4) is 5.75 Å². The van der Waals surface area contributed by atoms with E-state index in [1.807, 2.05) is 0 Å². The number of aryl methyl sites for hydroxylation is 1. The summed E-state index contributed by atoms with van der Waals surface area (Å²) in [4.78, 5) is 14.7. The van der Waals surface area contributed by atoms with Crippen molar-refractivity contribution in [2.75, 3.05) is 13.1 Å². The Morgan fingerprint density at radius 3 is 3.05 bits per heavy atom. The van der Waals surface area contributed by atoms with E-state index in [4.69, 9.17) is 0 Å². The molecule has 0 bridgehead atoms. The number of hydrogen-bond donors (Lipinski definition) is 2. The summed E-state index contributed by atoms with van der Waals surface area (Å²) in [5.74, 6) is -0.0544. The molecular weight excluding hydrogens is 240 g/mol. The number of amides is 1. The second-order valence-electron chi connectivity index (χ2n) is 5.59. The third kappa shape index (κ3) is 2.21. The normalized spacial score (nSPS) is 26.4. The topological polar surface area (TPSA) is 52.6 Å². The first-order valence-electron chi connectivity index (χ1n) is 7.00. The molecule has 0 radical (unpaired) electrons. The lowest BCUT2D eigenvalue weighted by Crippen LogP contribution is -2.42. The number of rotatable bonds is 2. The van der Waals surface area contributed by atoms with E-state index in [0.717, 1.165) is 25.1 Å². The maximum absolute atomic E-state index is 12.3. The molecule has 3 rings (SSSR count). The van der Waals surface area contributed by atoms with Gasteiger partial charge in [-0.05, 0) is 44.4 Å². The first-order valence-corrected chi connectivity index (χ1v) is 7.00. The van der Waals surface area contributed by atoms with Crippen LogP contribution in [-0.4, -0.2) is 41.1 Å². The molecule has 2 aliphatic rings. The molecule has 2 aliphatic heterocycles. The fourth-order valence-electron chi connectivity index (χ4n) is 3.34. The number of phenolic OH excluding ortho intramolecular Hbond substituents is 1. The van der Waals surface area contributed by atoms with Crippen LogP contribution in [0.4, 0.5) is 0 Å². The largest absolute Gasteiger partial charge is 0.507 e. The third-order valence-electron chi connectivity index (χ3n) is 4.40. The van der Waals surface area contributed by atoms with Crippen LogP contribution in [-0.2, 0) is 0 Å². The van der Waals surface area contributed by atoms with E-state index in [0.29, 0.717) is 11.6 Å². The van der Waals surface area contributed by atoms with Crippen LogP contribution in [0.15, 0.2) is 18.2 Å². The molecule has 2 unspecified atom stereocenters. The second-order valence-corrected chi connectivity index (χ2v) is 5.59. The quantitative estimate of drug-likeness (QED) is 0.850. The summed E-state index contributed by atoms with van der Waals surface area (Å²) in [7, 11) is 0. The Morgan fingerprint density at radius 2 is 2.21 bits per heavy atom. The average molecular weight is 260 g/mol. The average Bonchev–Trinajstić information content (AvgIpc) is 2.97.